The van der Waals surface area contributed by atoms with E-state index in [1.165, 1.54) is 43.7 Å². The normalized spacial score (nSPS) is 52.2. The molecule has 1 N–H and O–H groups in total. The summed E-state index contributed by atoms with van der Waals surface area (Å²) in [6.07, 6.45) is 10.7. The van der Waals surface area contributed by atoms with Crippen LogP contribution in [0.3, 0.4) is 0 Å². The summed E-state index contributed by atoms with van der Waals surface area (Å²) in [5.74, 6) is 7.07. The van der Waals surface area contributed by atoms with E-state index in [2.05, 4.69) is 17.1 Å². The summed E-state index contributed by atoms with van der Waals surface area (Å²) in [7, 11) is 0. The number of nitrogens with one attached hydrogen (secondary N) is 1. The smallest absolute Gasteiger partial charge is 0.0189 e. The van der Waals surface area contributed by atoms with Crippen molar-refractivity contribution in [3.05, 3.63) is 0 Å². The van der Waals surface area contributed by atoms with Crippen molar-refractivity contribution in [3.8, 4) is 0 Å². The summed E-state index contributed by atoms with van der Waals surface area (Å²) in [4.78, 5) is 0. The Hall–Kier alpha value is 0.310. The molecule has 0 aromatic carbocycles. The Morgan fingerprint density at radius 2 is 1.65 bits per heavy atom. The maximum absolute atomic E-state index is 4.06. The van der Waals surface area contributed by atoms with E-state index in [9.17, 15) is 0 Å². The van der Waals surface area contributed by atoms with Gasteiger partial charge in [0.1, 0.15) is 0 Å². The number of hydrogen-bond donors (Lipinski definition) is 1. The summed E-state index contributed by atoms with van der Waals surface area (Å²) in [5, 5.41) is 4.06. The SMILES string of the molecule is C1CC(CNC23CC4CC(CC(C4)C2)C3)CS1. The number of rotatable bonds is 3. The summed E-state index contributed by atoms with van der Waals surface area (Å²) >= 11 is 2.16. The second kappa shape index (κ2) is 4.16. The average molecular weight is 251 g/mol. The molecular weight excluding hydrogens is 226 g/mol. The molecule has 0 aromatic heterocycles. The lowest BCUT2D eigenvalue weighted by molar-refractivity contribution is -0.0209. The molecule has 0 amide bonds. The van der Waals surface area contributed by atoms with Crippen LogP contribution in [0.1, 0.15) is 44.9 Å². The zero-order valence-electron chi connectivity index (χ0n) is 10.8. The van der Waals surface area contributed by atoms with Gasteiger partial charge in [-0.1, -0.05) is 0 Å². The molecule has 96 valence electrons. The second-order valence-electron chi connectivity index (χ2n) is 7.31. The van der Waals surface area contributed by atoms with Gasteiger partial charge in [0.05, 0.1) is 0 Å². The first-order chi connectivity index (χ1) is 8.31. The van der Waals surface area contributed by atoms with Crippen molar-refractivity contribution in [2.24, 2.45) is 23.7 Å². The van der Waals surface area contributed by atoms with Gasteiger partial charge in [-0.05, 0) is 86.7 Å². The topological polar surface area (TPSA) is 12.0 Å². The summed E-state index contributed by atoms with van der Waals surface area (Å²) < 4.78 is 0. The Balaban J connectivity index is 1.42. The Morgan fingerprint density at radius 3 is 2.18 bits per heavy atom. The highest BCUT2D eigenvalue weighted by molar-refractivity contribution is 7.99. The fourth-order valence-electron chi connectivity index (χ4n) is 5.43. The van der Waals surface area contributed by atoms with Crippen molar-refractivity contribution < 1.29 is 0 Å². The average Bonchev–Trinajstić information content (AvgIpc) is 2.77. The van der Waals surface area contributed by atoms with Crippen molar-refractivity contribution >= 4 is 11.8 Å². The van der Waals surface area contributed by atoms with Crippen molar-refractivity contribution in [2.45, 2.75) is 50.5 Å². The fourth-order valence-corrected chi connectivity index (χ4v) is 6.72. The van der Waals surface area contributed by atoms with E-state index in [0.717, 1.165) is 23.7 Å². The quantitative estimate of drug-likeness (QED) is 0.826. The van der Waals surface area contributed by atoms with Crippen LogP contribution in [-0.4, -0.2) is 23.6 Å². The zero-order chi connectivity index (χ0) is 11.3. The highest BCUT2D eigenvalue weighted by atomic mass is 32.2. The molecule has 1 aliphatic heterocycles. The lowest BCUT2D eigenvalue weighted by Crippen LogP contribution is -2.59. The molecule has 0 radical (unpaired) electrons. The maximum Gasteiger partial charge on any atom is 0.0189 e. The summed E-state index contributed by atoms with van der Waals surface area (Å²) in [5.41, 5.74) is 0.599. The Bertz CT molecular complexity index is 260. The molecule has 4 aliphatic carbocycles. The van der Waals surface area contributed by atoms with Crippen LogP contribution in [0.5, 0.6) is 0 Å². The molecule has 5 rings (SSSR count). The lowest BCUT2D eigenvalue weighted by atomic mass is 9.53. The fraction of sp³-hybridized carbons (Fsp3) is 1.00. The summed E-state index contributed by atoms with van der Waals surface area (Å²) in [6, 6.07) is 0. The number of hydrogen-bond acceptors (Lipinski definition) is 2. The van der Waals surface area contributed by atoms with Crippen LogP contribution in [0.25, 0.3) is 0 Å². The van der Waals surface area contributed by atoms with Gasteiger partial charge in [0, 0.05) is 5.54 Å². The lowest BCUT2D eigenvalue weighted by Gasteiger charge is -2.57. The molecule has 4 saturated carbocycles. The van der Waals surface area contributed by atoms with Crippen LogP contribution < -0.4 is 5.32 Å². The van der Waals surface area contributed by atoms with Gasteiger partial charge in [-0.15, -0.1) is 0 Å². The molecule has 4 bridgehead atoms. The molecular formula is C15H25NS. The van der Waals surface area contributed by atoms with Crippen LogP contribution in [0, 0.1) is 23.7 Å². The van der Waals surface area contributed by atoms with Gasteiger partial charge in [-0.3, -0.25) is 0 Å². The van der Waals surface area contributed by atoms with Gasteiger partial charge in [0.15, 0.2) is 0 Å². The molecule has 1 atom stereocenters. The third kappa shape index (κ3) is 2.06. The molecule has 5 aliphatic rings. The van der Waals surface area contributed by atoms with Gasteiger partial charge in [0.25, 0.3) is 0 Å². The van der Waals surface area contributed by atoms with E-state index in [0.29, 0.717) is 5.54 Å². The first kappa shape index (κ1) is 11.2. The van der Waals surface area contributed by atoms with E-state index in [-0.39, 0.29) is 0 Å². The van der Waals surface area contributed by atoms with E-state index in [1.807, 2.05) is 0 Å². The van der Waals surface area contributed by atoms with Gasteiger partial charge in [0.2, 0.25) is 0 Å². The van der Waals surface area contributed by atoms with Crippen molar-refractivity contribution in [1.29, 1.82) is 0 Å². The molecule has 17 heavy (non-hydrogen) atoms. The van der Waals surface area contributed by atoms with E-state index < -0.39 is 0 Å². The van der Waals surface area contributed by atoms with Gasteiger partial charge in [-0.2, -0.15) is 11.8 Å². The van der Waals surface area contributed by atoms with Crippen LogP contribution in [0.15, 0.2) is 0 Å². The summed E-state index contributed by atoms with van der Waals surface area (Å²) in [6.45, 7) is 1.32. The molecule has 5 fully saturated rings. The molecule has 1 unspecified atom stereocenters. The third-order valence-electron chi connectivity index (χ3n) is 5.83. The first-order valence-corrected chi connectivity index (χ1v) is 8.80. The van der Waals surface area contributed by atoms with E-state index in [4.69, 9.17) is 0 Å². The van der Waals surface area contributed by atoms with Crippen LogP contribution in [0.2, 0.25) is 0 Å². The minimum atomic E-state index is 0.599. The highest BCUT2D eigenvalue weighted by Crippen LogP contribution is 2.55. The molecule has 0 aromatic rings. The van der Waals surface area contributed by atoms with Crippen LogP contribution >= 0.6 is 11.8 Å². The molecule has 0 spiro atoms. The van der Waals surface area contributed by atoms with Crippen molar-refractivity contribution in [3.63, 3.8) is 0 Å². The largest absolute Gasteiger partial charge is 0.311 e. The Kier molecular flexibility index (Phi) is 2.73. The second-order valence-corrected chi connectivity index (χ2v) is 8.46. The monoisotopic (exact) mass is 251 g/mol. The van der Waals surface area contributed by atoms with E-state index in [1.54, 1.807) is 19.3 Å². The van der Waals surface area contributed by atoms with E-state index >= 15 is 0 Å². The molecule has 1 saturated heterocycles. The first-order valence-electron chi connectivity index (χ1n) is 7.64. The molecule has 1 heterocycles. The van der Waals surface area contributed by atoms with Crippen LogP contribution in [0.4, 0.5) is 0 Å². The minimum absolute atomic E-state index is 0.599. The van der Waals surface area contributed by atoms with Gasteiger partial charge < -0.3 is 5.32 Å². The maximum atomic E-state index is 4.06. The van der Waals surface area contributed by atoms with Crippen molar-refractivity contribution in [1.82, 2.24) is 5.32 Å². The molecule has 1 nitrogen and oxygen atoms in total. The van der Waals surface area contributed by atoms with Gasteiger partial charge >= 0.3 is 0 Å². The zero-order valence-corrected chi connectivity index (χ0v) is 11.6. The highest BCUT2D eigenvalue weighted by Gasteiger charge is 2.50. The standard InChI is InChI=1S/C15H25NS/c1-2-17-10-11(1)9-16-15-6-12-3-13(7-15)5-14(4-12)8-15/h11-14,16H,1-10H2. The van der Waals surface area contributed by atoms with Crippen LogP contribution in [-0.2, 0) is 0 Å². The Morgan fingerprint density at radius 1 is 1.00 bits per heavy atom. The predicted molar refractivity (Wildman–Crippen MR) is 74.3 cm³/mol. The van der Waals surface area contributed by atoms with Crippen molar-refractivity contribution in [2.75, 3.05) is 18.1 Å². The third-order valence-corrected chi connectivity index (χ3v) is 7.06. The molecule has 2 heteroatoms. The predicted octanol–water partition coefficient (Wildman–Crippen LogP) is 3.30. The minimum Gasteiger partial charge on any atom is -0.311 e. The number of thioether (sulfide) groups is 1. The Labute approximate surface area is 109 Å². The van der Waals surface area contributed by atoms with Gasteiger partial charge in [-0.25, -0.2) is 0 Å².